The van der Waals surface area contributed by atoms with E-state index < -0.39 is 0 Å². The maximum Gasteiger partial charge on any atom is 0.332 e. The van der Waals surface area contributed by atoms with Crippen LogP contribution in [-0.2, 0) is 13.6 Å². The van der Waals surface area contributed by atoms with Gasteiger partial charge in [0, 0.05) is 20.1 Å². The van der Waals surface area contributed by atoms with Gasteiger partial charge in [0.1, 0.15) is 11.5 Å². The minimum atomic E-state index is -0.350. The van der Waals surface area contributed by atoms with Crippen LogP contribution in [0.5, 0.6) is 0 Å². The summed E-state index contributed by atoms with van der Waals surface area (Å²) in [6.07, 6.45) is 5.59. The van der Waals surface area contributed by atoms with Crippen LogP contribution in [0.2, 0.25) is 0 Å². The van der Waals surface area contributed by atoms with Crippen molar-refractivity contribution in [2.75, 3.05) is 17.6 Å². The molecule has 0 amide bonds. The van der Waals surface area contributed by atoms with E-state index >= 15 is 0 Å². The Hall–Kier alpha value is -1.72. The van der Waals surface area contributed by atoms with E-state index in [2.05, 4.69) is 12.2 Å². The second kappa shape index (κ2) is 5.95. The zero-order valence-electron chi connectivity index (χ0n) is 13.2. The number of aromatic nitrogens is 2. The normalized spacial score (nSPS) is 17.1. The smallest absolute Gasteiger partial charge is 0.332 e. The summed E-state index contributed by atoms with van der Waals surface area (Å²) in [7, 11) is 1.50. The highest BCUT2D eigenvalue weighted by Gasteiger charge is 2.29. The minimum absolute atomic E-state index is 0.211. The number of hydrogen-bond acceptors (Lipinski definition) is 4. The van der Waals surface area contributed by atoms with Crippen LogP contribution in [0.15, 0.2) is 9.59 Å². The average Bonchev–Trinajstić information content (AvgIpc) is 2.88. The molecule has 1 aromatic heterocycles. The maximum atomic E-state index is 12.3. The SMILES string of the molecule is CCCn1c(N)c(NCC2(C)CCCC2)c(=O)n(C)c1=O. The van der Waals surface area contributed by atoms with E-state index in [0.29, 0.717) is 12.2 Å². The fourth-order valence-electron chi connectivity index (χ4n) is 3.10. The van der Waals surface area contributed by atoms with Crippen molar-refractivity contribution in [3.05, 3.63) is 20.8 Å². The third-order valence-corrected chi connectivity index (χ3v) is 4.53. The summed E-state index contributed by atoms with van der Waals surface area (Å²) in [5.74, 6) is 0.256. The van der Waals surface area contributed by atoms with E-state index in [1.165, 1.54) is 24.5 Å². The number of hydrogen-bond donors (Lipinski definition) is 2. The van der Waals surface area contributed by atoms with Crippen LogP contribution in [0.1, 0.15) is 46.0 Å². The molecule has 1 aliphatic rings. The number of nitrogens with one attached hydrogen (secondary N) is 1. The van der Waals surface area contributed by atoms with Crippen LogP contribution >= 0.6 is 0 Å². The fourth-order valence-corrected chi connectivity index (χ4v) is 3.10. The summed E-state index contributed by atoms with van der Waals surface area (Å²) in [5.41, 5.74) is 5.94. The molecule has 0 aliphatic heterocycles. The van der Waals surface area contributed by atoms with Crippen LogP contribution in [0.25, 0.3) is 0 Å². The Morgan fingerprint density at radius 2 is 1.90 bits per heavy atom. The molecule has 0 spiro atoms. The fraction of sp³-hybridized carbons (Fsp3) is 0.733. The van der Waals surface area contributed by atoms with Crippen LogP contribution < -0.4 is 22.3 Å². The molecule has 1 aliphatic carbocycles. The number of anilines is 2. The highest BCUT2D eigenvalue weighted by molar-refractivity contribution is 5.60. The Morgan fingerprint density at radius 1 is 1.29 bits per heavy atom. The molecule has 0 unspecified atom stereocenters. The van der Waals surface area contributed by atoms with Gasteiger partial charge in [-0.15, -0.1) is 0 Å². The van der Waals surface area contributed by atoms with Crippen LogP contribution in [0, 0.1) is 5.41 Å². The zero-order valence-corrected chi connectivity index (χ0v) is 13.2. The van der Waals surface area contributed by atoms with Gasteiger partial charge < -0.3 is 11.1 Å². The second-order valence-electron chi connectivity index (χ2n) is 6.43. The molecule has 21 heavy (non-hydrogen) atoms. The van der Waals surface area contributed by atoms with Gasteiger partial charge in [0.15, 0.2) is 0 Å². The third kappa shape index (κ3) is 2.99. The van der Waals surface area contributed by atoms with E-state index in [4.69, 9.17) is 5.73 Å². The molecule has 0 radical (unpaired) electrons. The van der Waals surface area contributed by atoms with E-state index in [0.717, 1.165) is 30.4 Å². The molecule has 0 atom stereocenters. The molecule has 1 fully saturated rings. The van der Waals surface area contributed by atoms with E-state index in [-0.39, 0.29) is 22.5 Å². The Kier molecular flexibility index (Phi) is 4.44. The van der Waals surface area contributed by atoms with Gasteiger partial charge in [0.25, 0.3) is 5.56 Å². The van der Waals surface area contributed by atoms with Gasteiger partial charge in [-0.05, 0) is 24.7 Å². The van der Waals surface area contributed by atoms with Gasteiger partial charge in [-0.25, -0.2) is 4.79 Å². The van der Waals surface area contributed by atoms with Gasteiger partial charge in [0.2, 0.25) is 0 Å². The molecule has 3 N–H and O–H groups in total. The lowest BCUT2D eigenvalue weighted by Crippen LogP contribution is -2.41. The Labute approximate surface area is 125 Å². The van der Waals surface area contributed by atoms with Crippen molar-refractivity contribution in [3.8, 4) is 0 Å². The van der Waals surface area contributed by atoms with E-state index in [1.807, 2.05) is 6.92 Å². The molecular formula is C15H26N4O2. The van der Waals surface area contributed by atoms with Crippen molar-refractivity contribution in [2.24, 2.45) is 12.5 Å². The van der Waals surface area contributed by atoms with Crippen molar-refractivity contribution < 1.29 is 0 Å². The third-order valence-electron chi connectivity index (χ3n) is 4.53. The first kappa shape index (κ1) is 15.7. The first-order valence-corrected chi connectivity index (χ1v) is 7.73. The quantitative estimate of drug-likeness (QED) is 0.863. The Balaban J connectivity index is 2.34. The van der Waals surface area contributed by atoms with Gasteiger partial charge >= 0.3 is 5.69 Å². The van der Waals surface area contributed by atoms with Crippen molar-refractivity contribution in [3.63, 3.8) is 0 Å². The molecule has 1 heterocycles. The summed E-state index contributed by atoms with van der Waals surface area (Å²) < 4.78 is 2.60. The maximum absolute atomic E-state index is 12.3. The largest absolute Gasteiger partial charge is 0.383 e. The standard InChI is InChI=1S/C15H26N4O2/c1-4-9-19-12(16)11(13(20)18(3)14(19)21)17-10-15(2)7-5-6-8-15/h17H,4-10,16H2,1-3H3. The molecular weight excluding hydrogens is 268 g/mol. The van der Waals surface area contributed by atoms with Gasteiger partial charge in [-0.2, -0.15) is 0 Å². The van der Waals surface area contributed by atoms with Crippen molar-refractivity contribution in [1.82, 2.24) is 9.13 Å². The number of rotatable bonds is 5. The highest BCUT2D eigenvalue weighted by atomic mass is 16.2. The predicted octanol–water partition coefficient (Wildman–Crippen LogP) is 1.53. The highest BCUT2D eigenvalue weighted by Crippen LogP contribution is 2.37. The molecule has 6 nitrogen and oxygen atoms in total. The number of nitrogens with two attached hydrogens (primary N) is 1. The minimum Gasteiger partial charge on any atom is -0.383 e. The lowest BCUT2D eigenvalue weighted by molar-refractivity contribution is 0.361. The van der Waals surface area contributed by atoms with Crippen molar-refractivity contribution >= 4 is 11.5 Å². The molecule has 0 saturated heterocycles. The van der Waals surface area contributed by atoms with Crippen LogP contribution in [-0.4, -0.2) is 15.7 Å². The molecule has 1 saturated carbocycles. The van der Waals surface area contributed by atoms with Crippen LogP contribution in [0.4, 0.5) is 11.5 Å². The Bertz CT molecular complexity index is 624. The van der Waals surface area contributed by atoms with Crippen molar-refractivity contribution in [2.45, 2.75) is 52.5 Å². The second-order valence-corrected chi connectivity index (χ2v) is 6.43. The zero-order chi connectivity index (χ0) is 15.6. The van der Waals surface area contributed by atoms with E-state index in [9.17, 15) is 9.59 Å². The van der Waals surface area contributed by atoms with Gasteiger partial charge in [-0.1, -0.05) is 26.7 Å². The number of nitrogens with zero attached hydrogens (tertiary/aromatic N) is 2. The monoisotopic (exact) mass is 294 g/mol. The molecule has 1 aromatic rings. The van der Waals surface area contributed by atoms with Crippen molar-refractivity contribution in [1.29, 1.82) is 0 Å². The van der Waals surface area contributed by atoms with Gasteiger partial charge in [0.05, 0.1) is 0 Å². The summed E-state index contributed by atoms with van der Waals surface area (Å²) in [6, 6.07) is 0. The summed E-state index contributed by atoms with van der Waals surface area (Å²) in [4.78, 5) is 24.4. The molecule has 0 aromatic carbocycles. The molecule has 2 rings (SSSR count). The molecule has 6 heteroatoms. The lowest BCUT2D eigenvalue weighted by Gasteiger charge is -2.25. The van der Waals surface area contributed by atoms with Gasteiger partial charge in [-0.3, -0.25) is 13.9 Å². The predicted molar refractivity (Wildman–Crippen MR) is 85.7 cm³/mol. The Morgan fingerprint density at radius 3 is 2.48 bits per heavy atom. The first-order valence-electron chi connectivity index (χ1n) is 7.73. The molecule has 118 valence electrons. The topological polar surface area (TPSA) is 82.0 Å². The lowest BCUT2D eigenvalue weighted by atomic mass is 9.89. The average molecular weight is 294 g/mol. The first-order chi connectivity index (χ1) is 9.89. The van der Waals surface area contributed by atoms with Crippen LogP contribution in [0.3, 0.4) is 0 Å². The van der Waals surface area contributed by atoms with E-state index in [1.54, 1.807) is 0 Å². The summed E-state index contributed by atoms with van der Waals surface area (Å²) in [6.45, 7) is 5.45. The summed E-state index contributed by atoms with van der Waals surface area (Å²) in [5, 5.41) is 3.21. The molecule has 0 bridgehead atoms. The number of nitrogen functional groups attached to an aromatic ring is 1. The summed E-state index contributed by atoms with van der Waals surface area (Å²) >= 11 is 0.